The van der Waals surface area contributed by atoms with Crippen LogP contribution in [0.5, 0.6) is 5.75 Å². The Balaban J connectivity index is 1.44. The van der Waals surface area contributed by atoms with Crippen molar-refractivity contribution in [2.45, 2.75) is 32.0 Å². The molecule has 1 aromatic heterocycles. The number of ether oxygens (including phenoxy) is 1. The van der Waals surface area contributed by atoms with Gasteiger partial charge in [-0.25, -0.2) is 0 Å². The zero-order chi connectivity index (χ0) is 16.7. The first-order valence-corrected chi connectivity index (χ1v) is 8.62. The molecule has 1 N–H and O–H groups in total. The quantitative estimate of drug-likeness (QED) is 0.918. The van der Waals surface area contributed by atoms with Gasteiger partial charge < -0.3 is 19.3 Å². The van der Waals surface area contributed by atoms with E-state index < -0.39 is 6.10 Å². The molecule has 128 valence electrons. The fourth-order valence-electron chi connectivity index (χ4n) is 3.81. The molecule has 2 aliphatic rings. The number of hydrogen-bond donors (Lipinski definition) is 1. The number of rotatable bonds is 3. The molecule has 2 heterocycles. The van der Waals surface area contributed by atoms with Gasteiger partial charge in [0.05, 0.1) is 6.10 Å². The molecule has 0 amide bonds. The van der Waals surface area contributed by atoms with Gasteiger partial charge in [0.1, 0.15) is 11.9 Å². The summed E-state index contributed by atoms with van der Waals surface area (Å²) in [7, 11) is 0. The van der Waals surface area contributed by atoms with Gasteiger partial charge in [-0.2, -0.15) is 4.98 Å². The predicted octanol–water partition coefficient (Wildman–Crippen LogP) is 2.69. The average Bonchev–Trinajstić information content (AvgIpc) is 3.13. The number of benzene rings is 1. The average molecular weight is 350 g/mol. The molecule has 1 saturated heterocycles. The molecule has 4 atom stereocenters. The van der Waals surface area contributed by atoms with Crippen molar-refractivity contribution in [1.82, 2.24) is 10.1 Å². The zero-order valence-electron chi connectivity index (χ0n) is 13.4. The van der Waals surface area contributed by atoms with Crippen LogP contribution in [0.2, 0.25) is 5.02 Å². The van der Waals surface area contributed by atoms with E-state index in [2.05, 4.69) is 15.0 Å². The van der Waals surface area contributed by atoms with E-state index >= 15 is 0 Å². The summed E-state index contributed by atoms with van der Waals surface area (Å²) in [5.41, 5.74) is 0. The Labute approximate surface area is 145 Å². The summed E-state index contributed by atoms with van der Waals surface area (Å²) in [5.74, 6) is 2.80. The fourth-order valence-corrected chi connectivity index (χ4v) is 3.99. The van der Waals surface area contributed by atoms with Crippen LogP contribution in [-0.2, 0) is 0 Å². The molecule has 4 rings (SSSR count). The lowest BCUT2D eigenvalue weighted by molar-refractivity contribution is -0.0231. The Kier molecular flexibility index (Phi) is 4.10. The molecule has 1 saturated carbocycles. The van der Waals surface area contributed by atoms with Crippen LogP contribution in [0.4, 0.5) is 5.95 Å². The summed E-state index contributed by atoms with van der Waals surface area (Å²) in [5, 5.41) is 15.1. The number of hydrogen-bond acceptors (Lipinski definition) is 6. The Morgan fingerprint density at radius 1 is 1.29 bits per heavy atom. The maximum absolute atomic E-state index is 10.5. The molecule has 6 nitrogen and oxygen atoms in total. The summed E-state index contributed by atoms with van der Waals surface area (Å²) in [6.45, 7) is 3.51. The minimum Gasteiger partial charge on any atom is -0.488 e. The molecule has 1 aliphatic heterocycles. The van der Waals surface area contributed by atoms with Gasteiger partial charge >= 0.3 is 0 Å². The molecule has 2 fully saturated rings. The highest BCUT2D eigenvalue weighted by Crippen LogP contribution is 2.39. The van der Waals surface area contributed by atoms with Gasteiger partial charge in [-0.15, -0.1) is 0 Å². The van der Waals surface area contributed by atoms with Crippen LogP contribution >= 0.6 is 11.6 Å². The number of nitrogens with zero attached hydrogens (tertiary/aromatic N) is 3. The van der Waals surface area contributed by atoms with Crippen LogP contribution in [0.3, 0.4) is 0 Å². The Morgan fingerprint density at radius 2 is 2.08 bits per heavy atom. The molecular formula is C17H20ClN3O3. The Hall–Kier alpha value is -1.79. The molecule has 0 bridgehead atoms. The van der Waals surface area contributed by atoms with E-state index in [0.717, 1.165) is 25.9 Å². The minimum atomic E-state index is -0.475. The Bertz CT molecular complexity index is 723. The summed E-state index contributed by atoms with van der Waals surface area (Å²) >= 11 is 6.01. The third kappa shape index (κ3) is 3.08. The molecule has 0 unspecified atom stereocenters. The van der Waals surface area contributed by atoms with E-state index in [1.54, 1.807) is 13.0 Å². The van der Waals surface area contributed by atoms with Gasteiger partial charge in [-0.3, -0.25) is 0 Å². The van der Waals surface area contributed by atoms with Crippen molar-refractivity contribution >= 4 is 17.5 Å². The topological polar surface area (TPSA) is 71.6 Å². The van der Waals surface area contributed by atoms with E-state index in [0.29, 0.717) is 34.4 Å². The Morgan fingerprint density at radius 3 is 2.79 bits per heavy atom. The number of aromatic nitrogens is 2. The lowest BCUT2D eigenvalue weighted by Gasteiger charge is -2.35. The summed E-state index contributed by atoms with van der Waals surface area (Å²) in [4.78, 5) is 6.45. The number of aryl methyl sites for hydroxylation is 1. The zero-order valence-corrected chi connectivity index (χ0v) is 14.2. The highest BCUT2D eigenvalue weighted by molar-refractivity contribution is 6.30. The third-order valence-corrected chi connectivity index (χ3v) is 5.20. The van der Waals surface area contributed by atoms with Gasteiger partial charge in [0.25, 0.3) is 5.95 Å². The van der Waals surface area contributed by atoms with Crippen LogP contribution in [-0.4, -0.2) is 40.5 Å². The second-order valence-electron chi connectivity index (χ2n) is 6.69. The first-order valence-electron chi connectivity index (χ1n) is 8.24. The van der Waals surface area contributed by atoms with Crippen molar-refractivity contribution in [2.24, 2.45) is 11.8 Å². The summed E-state index contributed by atoms with van der Waals surface area (Å²) < 4.78 is 11.1. The van der Waals surface area contributed by atoms with Gasteiger partial charge in [0, 0.05) is 25.0 Å². The lowest BCUT2D eigenvalue weighted by atomic mass is 9.78. The third-order valence-electron chi connectivity index (χ3n) is 4.97. The predicted molar refractivity (Wildman–Crippen MR) is 89.3 cm³/mol. The standard InChI is InChI=1S/C17H20ClN3O3/c1-10-19-17(20-24-10)21-8-11-5-15(22)16(6-12(11)9-21)23-14-4-2-3-13(18)7-14/h2-4,7,11-12,15-16,22H,5-6,8-9H2,1H3/t11-,12+,15+,16+/m0/s1. The molecule has 7 heteroatoms. The largest absolute Gasteiger partial charge is 0.488 e. The number of anilines is 1. The van der Waals surface area contributed by atoms with Crippen molar-refractivity contribution in [3.8, 4) is 5.75 Å². The number of halogens is 1. The van der Waals surface area contributed by atoms with E-state index in [1.807, 2.05) is 18.2 Å². The molecule has 0 spiro atoms. The summed E-state index contributed by atoms with van der Waals surface area (Å²) in [6.07, 6.45) is 0.850. The van der Waals surface area contributed by atoms with Crippen LogP contribution in [0.25, 0.3) is 0 Å². The second-order valence-corrected chi connectivity index (χ2v) is 7.13. The van der Waals surface area contributed by atoms with Gasteiger partial charge in [-0.1, -0.05) is 17.7 Å². The number of aliphatic hydroxyl groups is 1. The molecular weight excluding hydrogens is 330 g/mol. The lowest BCUT2D eigenvalue weighted by Crippen LogP contribution is -2.42. The van der Waals surface area contributed by atoms with Crippen molar-refractivity contribution in [2.75, 3.05) is 18.0 Å². The van der Waals surface area contributed by atoms with Gasteiger partial charge in [0.15, 0.2) is 0 Å². The van der Waals surface area contributed by atoms with Gasteiger partial charge in [0.2, 0.25) is 5.89 Å². The monoisotopic (exact) mass is 349 g/mol. The number of fused-ring (bicyclic) bond motifs is 1. The van der Waals surface area contributed by atoms with E-state index in [1.165, 1.54) is 0 Å². The molecule has 1 aliphatic carbocycles. The van der Waals surface area contributed by atoms with E-state index in [9.17, 15) is 5.11 Å². The first kappa shape index (κ1) is 15.7. The van der Waals surface area contributed by atoms with Crippen LogP contribution in [0.1, 0.15) is 18.7 Å². The molecule has 1 aromatic carbocycles. The summed E-state index contributed by atoms with van der Waals surface area (Å²) in [6, 6.07) is 7.31. The normalized spacial score (nSPS) is 29.5. The van der Waals surface area contributed by atoms with E-state index in [4.69, 9.17) is 20.9 Å². The van der Waals surface area contributed by atoms with Crippen LogP contribution in [0, 0.1) is 18.8 Å². The SMILES string of the molecule is Cc1nc(N2C[C@H]3C[C@@H](Oc4cccc(Cl)c4)[C@H](O)C[C@H]3C2)no1. The smallest absolute Gasteiger partial charge is 0.266 e. The molecule has 2 aromatic rings. The van der Waals surface area contributed by atoms with Gasteiger partial charge in [-0.05, 0) is 48.0 Å². The maximum atomic E-state index is 10.5. The van der Waals surface area contributed by atoms with Crippen molar-refractivity contribution < 1.29 is 14.4 Å². The maximum Gasteiger partial charge on any atom is 0.266 e. The van der Waals surface area contributed by atoms with E-state index in [-0.39, 0.29) is 6.10 Å². The van der Waals surface area contributed by atoms with Crippen molar-refractivity contribution in [1.29, 1.82) is 0 Å². The second kappa shape index (κ2) is 6.26. The van der Waals surface area contributed by atoms with Crippen molar-refractivity contribution in [3.63, 3.8) is 0 Å². The number of aliphatic hydroxyl groups excluding tert-OH is 1. The first-order chi connectivity index (χ1) is 11.6. The minimum absolute atomic E-state index is 0.211. The highest BCUT2D eigenvalue weighted by atomic mass is 35.5. The van der Waals surface area contributed by atoms with Crippen molar-refractivity contribution in [3.05, 3.63) is 35.2 Å². The van der Waals surface area contributed by atoms with Crippen LogP contribution < -0.4 is 9.64 Å². The highest BCUT2D eigenvalue weighted by Gasteiger charge is 2.43. The molecule has 0 radical (unpaired) electrons. The molecule has 24 heavy (non-hydrogen) atoms. The fraction of sp³-hybridized carbons (Fsp3) is 0.529. The van der Waals surface area contributed by atoms with Crippen LogP contribution in [0.15, 0.2) is 28.8 Å².